The van der Waals surface area contributed by atoms with Crippen molar-refractivity contribution in [1.29, 1.82) is 0 Å². The highest BCUT2D eigenvalue weighted by atomic mass is 32.3. The van der Waals surface area contributed by atoms with E-state index in [0.717, 1.165) is 6.54 Å². The Balaban J connectivity index is 0. The first-order chi connectivity index (χ1) is 6.12. The summed E-state index contributed by atoms with van der Waals surface area (Å²) in [6.45, 7) is 2.98. The van der Waals surface area contributed by atoms with E-state index in [-0.39, 0.29) is 0 Å². The first kappa shape index (κ1) is 16.2. The summed E-state index contributed by atoms with van der Waals surface area (Å²) in [5.74, 6) is 0. The molecule has 0 amide bonds. The Morgan fingerprint density at radius 3 is 1.50 bits per heavy atom. The van der Waals surface area contributed by atoms with Gasteiger partial charge >= 0.3 is 20.8 Å². The summed E-state index contributed by atoms with van der Waals surface area (Å²) in [6.07, 6.45) is 2.39. The molecule has 0 rings (SSSR count). The number of hydrogen-bond donors (Lipinski definition) is 3. The molecule has 0 fully saturated rings. The fourth-order valence-electron chi connectivity index (χ4n) is 0.313. The highest BCUT2D eigenvalue weighted by Gasteiger charge is 2.15. The van der Waals surface area contributed by atoms with Crippen LogP contribution >= 0.6 is 0 Å². The molecule has 0 heterocycles. The predicted octanol–water partition coefficient (Wildman–Crippen LogP) is -0.646. The summed E-state index contributed by atoms with van der Waals surface area (Å²) >= 11 is 0. The maximum absolute atomic E-state index is 9.44. The third kappa shape index (κ3) is 22.6. The van der Waals surface area contributed by atoms with Crippen LogP contribution in [0.5, 0.6) is 0 Å². The molecule has 0 aromatic heterocycles. The lowest BCUT2D eigenvalue weighted by molar-refractivity contribution is 0.344. The van der Waals surface area contributed by atoms with Crippen molar-refractivity contribution < 1.29 is 29.6 Å². The zero-order valence-electron chi connectivity index (χ0n) is 7.45. The van der Waals surface area contributed by atoms with Gasteiger partial charge in [-0.1, -0.05) is 13.3 Å². The molecule has 0 aliphatic carbocycles. The predicted molar refractivity (Wildman–Crippen MR) is 48.1 cm³/mol. The highest BCUT2D eigenvalue weighted by molar-refractivity contribution is 7.94. The lowest BCUT2D eigenvalue weighted by Gasteiger charge is -1.89. The number of hydrogen-bond acceptors (Lipinski definition) is 6. The Bertz CT molecular complexity index is 286. The van der Waals surface area contributed by atoms with Crippen molar-refractivity contribution in [3.05, 3.63) is 0 Å². The molecule has 0 aliphatic rings. The normalized spacial score (nSPS) is 11.7. The second-order valence-corrected chi connectivity index (χ2v) is 4.32. The molecule has 0 aliphatic heterocycles. The van der Waals surface area contributed by atoms with Crippen molar-refractivity contribution in [2.75, 3.05) is 6.54 Å². The molecule has 88 valence electrons. The van der Waals surface area contributed by atoms with Gasteiger partial charge < -0.3 is 5.73 Å². The fraction of sp³-hybridized carbons (Fsp3) is 1.00. The SMILES string of the molecule is CCCCN.O=S(=O)(O)OS(=O)(=O)O. The minimum absolute atomic E-state index is 0.844. The first-order valence-corrected chi connectivity index (χ1v) is 6.21. The third-order valence-electron chi connectivity index (χ3n) is 0.730. The van der Waals surface area contributed by atoms with Crippen molar-refractivity contribution >= 4 is 20.8 Å². The average molecular weight is 251 g/mol. The van der Waals surface area contributed by atoms with Crippen molar-refractivity contribution in [1.82, 2.24) is 0 Å². The van der Waals surface area contributed by atoms with E-state index in [1.807, 2.05) is 0 Å². The number of rotatable bonds is 4. The van der Waals surface area contributed by atoms with Gasteiger partial charge in [-0.3, -0.25) is 9.11 Å². The second-order valence-electron chi connectivity index (χ2n) is 2.07. The van der Waals surface area contributed by atoms with Crippen LogP contribution in [0.25, 0.3) is 0 Å². The summed E-state index contributed by atoms with van der Waals surface area (Å²) in [5, 5.41) is 0. The van der Waals surface area contributed by atoms with Gasteiger partial charge in [0.15, 0.2) is 0 Å². The largest absolute Gasteiger partial charge is 0.413 e. The molecular formula is C4H13NO7S2. The minimum atomic E-state index is -5.12. The van der Waals surface area contributed by atoms with Gasteiger partial charge in [-0.05, 0) is 13.0 Å². The van der Waals surface area contributed by atoms with E-state index >= 15 is 0 Å². The first-order valence-electron chi connectivity index (χ1n) is 3.48. The number of nitrogens with two attached hydrogens (primary N) is 1. The molecule has 0 aromatic carbocycles. The van der Waals surface area contributed by atoms with Crippen LogP contribution in [0.4, 0.5) is 0 Å². The summed E-state index contributed by atoms with van der Waals surface area (Å²) in [4.78, 5) is 0. The van der Waals surface area contributed by atoms with Gasteiger partial charge in [0.25, 0.3) is 0 Å². The Kier molecular flexibility index (Phi) is 8.19. The Morgan fingerprint density at radius 2 is 1.50 bits per heavy atom. The van der Waals surface area contributed by atoms with Crippen molar-refractivity contribution in [2.45, 2.75) is 19.8 Å². The monoisotopic (exact) mass is 251 g/mol. The lowest BCUT2D eigenvalue weighted by Crippen LogP contribution is -2.10. The molecule has 0 saturated carbocycles. The molecule has 8 nitrogen and oxygen atoms in total. The Labute approximate surface area is 83.0 Å². The van der Waals surface area contributed by atoms with Gasteiger partial charge in [-0.15, -0.1) is 3.63 Å². The van der Waals surface area contributed by atoms with E-state index in [1.165, 1.54) is 12.8 Å². The van der Waals surface area contributed by atoms with E-state index in [4.69, 9.17) is 14.8 Å². The van der Waals surface area contributed by atoms with Crippen LogP contribution in [-0.2, 0) is 24.4 Å². The summed E-state index contributed by atoms with van der Waals surface area (Å²) in [5.41, 5.74) is 5.14. The molecule has 0 saturated heterocycles. The number of unbranched alkanes of at least 4 members (excludes halogenated alkanes) is 1. The van der Waals surface area contributed by atoms with Gasteiger partial charge in [-0.2, -0.15) is 16.8 Å². The van der Waals surface area contributed by atoms with E-state index in [1.54, 1.807) is 0 Å². The fourth-order valence-corrected chi connectivity index (χ4v) is 1.18. The van der Waals surface area contributed by atoms with Crippen LogP contribution in [0.3, 0.4) is 0 Å². The van der Waals surface area contributed by atoms with Crippen LogP contribution in [-0.4, -0.2) is 32.5 Å². The maximum Gasteiger partial charge on any atom is 0.413 e. The third-order valence-corrected chi connectivity index (χ3v) is 2.11. The van der Waals surface area contributed by atoms with Gasteiger partial charge in [0.05, 0.1) is 0 Å². The van der Waals surface area contributed by atoms with Gasteiger partial charge in [0.2, 0.25) is 0 Å². The van der Waals surface area contributed by atoms with E-state index in [0.29, 0.717) is 0 Å². The second kappa shape index (κ2) is 7.09. The molecule has 4 N–H and O–H groups in total. The highest BCUT2D eigenvalue weighted by Crippen LogP contribution is 1.91. The van der Waals surface area contributed by atoms with Gasteiger partial charge in [0.1, 0.15) is 0 Å². The van der Waals surface area contributed by atoms with Crippen LogP contribution in [0, 0.1) is 0 Å². The average Bonchev–Trinajstić information content (AvgIpc) is 1.81. The van der Waals surface area contributed by atoms with Crippen molar-refractivity contribution in [3.8, 4) is 0 Å². The Morgan fingerprint density at radius 1 is 1.14 bits per heavy atom. The topological polar surface area (TPSA) is 144 Å². The summed E-state index contributed by atoms with van der Waals surface area (Å²) < 4.78 is 55.6. The van der Waals surface area contributed by atoms with E-state index < -0.39 is 20.8 Å². The molecule has 0 radical (unpaired) electrons. The lowest BCUT2D eigenvalue weighted by atomic mass is 10.3. The smallest absolute Gasteiger partial charge is 0.330 e. The quantitative estimate of drug-likeness (QED) is 0.559. The van der Waals surface area contributed by atoms with E-state index in [2.05, 4.69) is 10.6 Å². The standard InChI is InChI=1S/C4H11N.H2O7S2/c1-2-3-4-5;1-8(2,3)7-9(4,5)6/h2-5H2,1H3;(H,1,2,3)(H,4,5,6). The molecular weight excluding hydrogens is 238 g/mol. The van der Waals surface area contributed by atoms with Crippen LogP contribution < -0.4 is 5.73 Å². The zero-order valence-corrected chi connectivity index (χ0v) is 9.08. The molecule has 0 unspecified atom stereocenters. The van der Waals surface area contributed by atoms with Crippen LogP contribution in [0.15, 0.2) is 0 Å². The molecule has 0 spiro atoms. The van der Waals surface area contributed by atoms with Crippen molar-refractivity contribution in [3.63, 3.8) is 0 Å². The van der Waals surface area contributed by atoms with Crippen LogP contribution in [0.2, 0.25) is 0 Å². The zero-order chi connectivity index (χ0) is 11.8. The van der Waals surface area contributed by atoms with Crippen molar-refractivity contribution in [2.24, 2.45) is 5.73 Å². The molecule has 14 heavy (non-hydrogen) atoms. The minimum Gasteiger partial charge on any atom is -0.330 e. The maximum atomic E-state index is 9.44. The van der Waals surface area contributed by atoms with Crippen LogP contribution in [0.1, 0.15) is 19.8 Å². The van der Waals surface area contributed by atoms with Gasteiger partial charge in [-0.25, -0.2) is 0 Å². The molecule has 0 aromatic rings. The summed E-state index contributed by atoms with van der Waals surface area (Å²) in [6, 6.07) is 0. The summed E-state index contributed by atoms with van der Waals surface area (Å²) in [7, 11) is -10.2. The van der Waals surface area contributed by atoms with Gasteiger partial charge in [0, 0.05) is 0 Å². The molecule has 0 atom stereocenters. The molecule has 0 bridgehead atoms. The molecule has 10 heteroatoms. The van der Waals surface area contributed by atoms with E-state index in [9.17, 15) is 16.8 Å². The Hall–Kier alpha value is -0.260.